The first kappa shape index (κ1) is 20.0. The van der Waals surface area contributed by atoms with Crippen molar-refractivity contribution in [1.29, 1.82) is 0 Å². The number of rotatable bonds is 10. The summed E-state index contributed by atoms with van der Waals surface area (Å²) in [5.74, 6) is 0.902. The lowest BCUT2D eigenvalue weighted by Gasteiger charge is -2.20. The average molecular weight is 354 g/mol. The van der Waals surface area contributed by atoms with Gasteiger partial charge in [0.1, 0.15) is 5.75 Å². The minimum atomic E-state index is 0.0745. The van der Waals surface area contributed by atoms with Crippen molar-refractivity contribution in [2.45, 2.75) is 39.8 Å². The number of methoxy groups -OCH3 is 1. The van der Waals surface area contributed by atoms with Crippen LogP contribution in [-0.4, -0.2) is 31.0 Å². The second-order valence-electron chi connectivity index (χ2n) is 6.36. The molecule has 140 valence electrons. The van der Waals surface area contributed by atoms with Crippen LogP contribution in [0.15, 0.2) is 48.5 Å². The lowest BCUT2D eigenvalue weighted by atomic mass is 10.1. The Labute approximate surface area is 157 Å². The summed E-state index contributed by atoms with van der Waals surface area (Å²) in [6.45, 7) is 7.89. The van der Waals surface area contributed by atoms with Crippen LogP contribution in [0.4, 0.5) is 0 Å². The highest BCUT2D eigenvalue weighted by Gasteiger charge is 2.08. The first-order valence-electron chi connectivity index (χ1n) is 9.35. The van der Waals surface area contributed by atoms with Gasteiger partial charge in [-0.3, -0.25) is 9.69 Å². The molecule has 0 spiro atoms. The van der Waals surface area contributed by atoms with Crippen LogP contribution < -0.4 is 10.1 Å². The molecule has 4 nitrogen and oxygen atoms in total. The number of aryl methyl sites for hydroxylation is 1. The van der Waals surface area contributed by atoms with Gasteiger partial charge in [0.15, 0.2) is 0 Å². The van der Waals surface area contributed by atoms with Crippen LogP contribution in [0.25, 0.3) is 0 Å². The molecule has 0 aliphatic carbocycles. The second kappa shape index (κ2) is 10.6. The number of hydrogen-bond donors (Lipinski definition) is 1. The van der Waals surface area contributed by atoms with Crippen molar-refractivity contribution < 1.29 is 9.53 Å². The summed E-state index contributed by atoms with van der Waals surface area (Å²) in [5.41, 5.74) is 3.58. The van der Waals surface area contributed by atoms with E-state index in [-0.39, 0.29) is 5.91 Å². The summed E-state index contributed by atoms with van der Waals surface area (Å²) in [5, 5.41) is 3.06. The topological polar surface area (TPSA) is 41.6 Å². The zero-order chi connectivity index (χ0) is 18.8. The van der Waals surface area contributed by atoms with E-state index >= 15 is 0 Å². The maximum Gasteiger partial charge on any atom is 0.220 e. The zero-order valence-corrected chi connectivity index (χ0v) is 16.1. The Balaban J connectivity index is 1.87. The van der Waals surface area contributed by atoms with E-state index in [4.69, 9.17) is 4.74 Å². The minimum absolute atomic E-state index is 0.0745. The maximum absolute atomic E-state index is 12.2. The highest BCUT2D eigenvalue weighted by atomic mass is 16.5. The number of nitrogens with zero attached hydrogens (tertiary/aromatic N) is 1. The number of carbonyl (C=O) groups is 1. The van der Waals surface area contributed by atoms with Crippen molar-refractivity contribution in [3.05, 3.63) is 65.2 Å². The van der Waals surface area contributed by atoms with E-state index in [9.17, 15) is 4.79 Å². The molecule has 2 aromatic carbocycles. The van der Waals surface area contributed by atoms with Gasteiger partial charge in [0, 0.05) is 19.5 Å². The minimum Gasteiger partial charge on any atom is -0.497 e. The van der Waals surface area contributed by atoms with Gasteiger partial charge in [-0.05, 0) is 48.3 Å². The van der Waals surface area contributed by atoms with Gasteiger partial charge in [0.25, 0.3) is 0 Å². The fourth-order valence-corrected chi connectivity index (χ4v) is 2.94. The summed E-state index contributed by atoms with van der Waals surface area (Å²) in [6.07, 6.45) is 1.19. The van der Waals surface area contributed by atoms with Gasteiger partial charge >= 0.3 is 0 Å². The van der Waals surface area contributed by atoms with E-state index in [1.807, 2.05) is 30.3 Å². The van der Waals surface area contributed by atoms with Gasteiger partial charge in [-0.2, -0.15) is 0 Å². The number of nitrogens with one attached hydrogen (secondary N) is 1. The molecular weight excluding hydrogens is 324 g/mol. The van der Waals surface area contributed by atoms with Gasteiger partial charge < -0.3 is 10.1 Å². The Hall–Kier alpha value is -2.33. The first-order chi connectivity index (χ1) is 12.7. The van der Waals surface area contributed by atoms with Gasteiger partial charge in [-0.25, -0.2) is 0 Å². The van der Waals surface area contributed by atoms with E-state index in [0.29, 0.717) is 19.4 Å². The summed E-state index contributed by atoms with van der Waals surface area (Å²) < 4.78 is 5.23. The standard InChI is InChI=1S/C22H30N2O2/c1-4-24(5-2)17-20-11-7-6-10-19(20)16-23-22(25)14-13-18-9-8-12-21(15-18)26-3/h6-12,15H,4-5,13-14,16-17H2,1-3H3,(H,23,25). The molecule has 0 bridgehead atoms. The van der Waals surface area contributed by atoms with E-state index in [1.165, 1.54) is 11.1 Å². The molecule has 1 amide bonds. The molecular formula is C22H30N2O2. The van der Waals surface area contributed by atoms with Crippen molar-refractivity contribution in [1.82, 2.24) is 10.2 Å². The van der Waals surface area contributed by atoms with Gasteiger partial charge in [-0.15, -0.1) is 0 Å². The van der Waals surface area contributed by atoms with Gasteiger partial charge in [-0.1, -0.05) is 50.2 Å². The molecule has 0 aromatic heterocycles. The average Bonchev–Trinajstić information content (AvgIpc) is 2.69. The predicted molar refractivity (Wildman–Crippen MR) is 106 cm³/mol. The fourth-order valence-electron chi connectivity index (χ4n) is 2.94. The van der Waals surface area contributed by atoms with E-state index in [1.54, 1.807) is 7.11 Å². The SMILES string of the molecule is CCN(CC)Cc1ccccc1CNC(=O)CCc1cccc(OC)c1. The zero-order valence-electron chi connectivity index (χ0n) is 16.1. The van der Waals surface area contributed by atoms with Crippen LogP contribution in [0.1, 0.15) is 37.0 Å². The maximum atomic E-state index is 12.2. The molecule has 0 saturated carbocycles. The van der Waals surface area contributed by atoms with Crippen molar-refractivity contribution in [3.63, 3.8) is 0 Å². The van der Waals surface area contributed by atoms with Crippen molar-refractivity contribution in [2.75, 3.05) is 20.2 Å². The number of carbonyl (C=O) groups excluding carboxylic acids is 1. The Morgan fingerprint density at radius 2 is 1.77 bits per heavy atom. The predicted octanol–water partition coefficient (Wildman–Crippen LogP) is 3.79. The molecule has 0 aliphatic heterocycles. The Bertz CT molecular complexity index is 696. The summed E-state index contributed by atoms with van der Waals surface area (Å²) >= 11 is 0. The number of hydrogen-bond acceptors (Lipinski definition) is 3. The number of ether oxygens (including phenoxy) is 1. The van der Waals surface area contributed by atoms with Crippen LogP contribution in [-0.2, 0) is 24.3 Å². The highest BCUT2D eigenvalue weighted by Crippen LogP contribution is 2.14. The normalized spacial score (nSPS) is 10.8. The Kier molecular flexibility index (Phi) is 8.16. The summed E-state index contributed by atoms with van der Waals surface area (Å²) in [7, 11) is 1.65. The van der Waals surface area contributed by atoms with Gasteiger partial charge in [0.2, 0.25) is 5.91 Å². The smallest absolute Gasteiger partial charge is 0.220 e. The largest absolute Gasteiger partial charge is 0.497 e. The molecule has 0 fully saturated rings. The molecule has 26 heavy (non-hydrogen) atoms. The van der Waals surface area contributed by atoms with Gasteiger partial charge in [0.05, 0.1) is 7.11 Å². The lowest BCUT2D eigenvalue weighted by Crippen LogP contribution is -2.26. The molecule has 0 heterocycles. The van der Waals surface area contributed by atoms with Crippen molar-refractivity contribution in [3.8, 4) is 5.75 Å². The van der Waals surface area contributed by atoms with Crippen molar-refractivity contribution >= 4 is 5.91 Å². The van der Waals surface area contributed by atoms with Crippen LogP contribution in [0.2, 0.25) is 0 Å². The van der Waals surface area contributed by atoms with Crippen LogP contribution in [0.3, 0.4) is 0 Å². The van der Waals surface area contributed by atoms with Crippen LogP contribution in [0.5, 0.6) is 5.75 Å². The molecule has 4 heteroatoms. The molecule has 0 unspecified atom stereocenters. The third kappa shape index (κ3) is 6.19. The van der Waals surface area contributed by atoms with E-state index in [0.717, 1.165) is 30.9 Å². The highest BCUT2D eigenvalue weighted by molar-refractivity contribution is 5.76. The number of benzene rings is 2. The molecule has 0 radical (unpaired) electrons. The molecule has 0 saturated heterocycles. The Morgan fingerprint density at radius 3 is 2.46 bits per heavy atom. The third-order valence-corrected chi connectivity index (χ3v) is 4.66. The fraction of sp³-hybridized carbons (Fsp3) is 0.409. The lowest BCUT2D eigenvalue weighted by molar-refractivity contribution is -0.121. The first-order valence-corrected chi connectivity index (χ1v) is 9.35. The van der Waals surface area contributed by atoms with Crippen LogP contribution in [0, 0.1) is 0 Å². The van der Waals surface area contributed by atoms with Crippen molar-refractivity contribution in [2.24, 2.45) is 0 Å². The second-order valence-corrected chi connectivity index (χ2v) is 6.36. The quantitative estimate of drug-likeness (QED) is 0.706. The summed E-state index contributed by atoms with van der Waals surface area (Å²) in [4.78, 5) is 14.6. The molecule has 0 aliphatic rings. The molecule has 1 N–H and O–H groups in total. The Morgan fingerprint density at radius 1 is 1.04 bits per heavy atom. The monoisotopic (exact) mass is 354 g/mol. The van der Waals surface area contributed by atoms with E-state index < -0.39 is 0 Å². The summed E-state index contributed by atoms with van der Waals surface area (Å²) in [6, 6.07) is 16.2. The third-order valence-electron chi connectivity index (χ3n) is 4.66. The number of amides is 1. The molecule has 2 aromatic rings. The molecule has 0 atom stereocenters. The van der Waals surface area contributed by atoms with E-state index in [2.05, 4.69) is 42.3 Å². The molecule has 2 rings (SSSR count). The van der Waals surface area contributed by atoms with Crippen LogP contribution >= 0.6 is 0 Å².